The van der Waals surface area contributed by atoms with E-state index in [1.165, 1.54) is 0 Å². The summed E-state index contributed by atoms with van der Waals surface area (Å²) >= 11 is 0. The summed E-state index contributed by atoms with van der Waals surface area (Å²) in [7, 11) is 3.39. The molecule has 15 heavy (non-hydrogen) atoms. The van der Waals surface area contributed by atoms with Gasteiger partial charge in [0.1, 0.15) is 0 Å². The third-order valence-corrected chi connectivity index (χ3v) is 1.55. The maximum atomic E-state index is 5.70. The highest BCUT2D eigenvalue weighted by Crippen LogP contribution is 1.98. The molecule has 94 valence electrons. The molecule has 0 radical (unpaired) electrons. The van der Waals surface area contributed by atoms with Gasteiger partial charge in [0.2, 0.25) is 0 Å². The van der Waals surface area contributed by atoms with Crippen LogP contribution in [-0.4, -0.2) is 33.5 Å². The summed E-state index contributed by atoms with van der Waals surface area (Å²) < 4.78 is 9.82. The van der Waals surface area contributed by atoms with E-state index >= 15 is 0 Å². The molecule has 0 saturated carbocycles. The maximum Gasteiger partial charge on any atom is 0.0613 e. The fourth-order valence-electron chi connectivity index (χ4n) is 0.950. The number of methoxy groups -OCH3 is 2. The van der Waals surface area contributed by atoms with Crippen molar-refractivity contribution >= 4 is 0 Å². The zero-order valence-electron chi connectivity index (χ0n) is 11.1. The van der Waals surface area contributed by atoms with E-state index in [2.05, 4.69) is 20.8 Å². The van der Waals surface area contributed by atoms with Gasteiger partial charge in [0.05, 0.1) is 6.61 Å². The third kappa shape index (κ3) is 24.8. The number of nitrogens with two attached hydrogens (primary N) is 1. The zero-order valence-corrected chi connectivity index (χ0v) is 11.1. The quantitative estimate of drug-likeness (QED) is 0.669. The SMILES string of the molecule is CC(C)C.COCCCCC(N)COC. The molecule has 1 atom stereocenters. The van der Waals surface area contributed by atoms with E-state index in [9.17, 15) is 0 Å². The third-order valence-electron chi connectivity index (χ3n) is 1.55. The molecule has 3 heteroatoms. The van der Waals surface area contributed by atoms with Crippen molar-refractivity contribution in [3.05, 3.63) is 0 Å². The molecule has 0 aromatic heterocycles. The molecule has 0 fully saturated rings. The topological polar surface area (TPSA) is 44.5 Å². The van der Waals surface area contributed by atoms with Crippen molar-refractivity contribution in [3.8, 4) is 0 Å². The Kier molecular flexibility index (Phi) is 16.0. The monoisotopic (exact) mass is 219 g/mol. The van der Waals surface area contributed by atoms with Crippen LogP contribution in [0.15, 0.2) is 0 Å². The Balaban J connectivity index is 0. The Labute approximate surface area is 95.3 Å². The van der Waals surface area contributed by atoms with Gasteiger partial charge in [0.15, 0.2) is 0 Å². The molecule has 0 aliphatic rings. The lowest BCUT2D eigenvalue weighted by atomic mass is 10.1. The second-order valence-electron chi connectivity index (χ2n) is 4.44. The Morgan fingerprint density at radius 3 is 1.93 bits per heavy atom. The molecule has 0 saturated heterocycles. The highest BCUT2D eigenvalue weighted by atomic mass is 16.5. The minimum atomic E-state index is 0.192. The summed E-state index contributed by atoms with van der Waals surface area (Å²) in [4.78, 5) is 0. The predicted molar refractivity (Wildman–Crippen MR) is 66.1 cm³/mol. The second-order valence-corrected chi connectivity index (χ2v) is 4.44. The van der Waals surface area contributed by atoms with Gasteiger partial charge in [-0.2, -0.15) is 0 Å². The van der Waals surface area contributed by atoms with Crippen LogP contribution in [0.2, 0.25) is 0 Å². The van der Waals surface area contributed by atoms with Crippen molar-refractivity contribution < 1.29 is 9.47 Å². The number of hydrogen-bond acceptors (Lipinski definition) is 3. The predicted octanol–water partition coefficient (Wildman–Crippen LogP) is 2.44. The minimum absolute atomic E-state index is 0.192. The fraction of sp³-hybridized carbons (Fsp3) is 1.00. The first-order valence-electron chi connectivity index (χ1n) is 5.78. The molecular formula is C12H29NO2. The van der Waals surface area contributed by atoms with Crippen LogP contribution in [0, 0.1) is 5.92 Å². The average Bonchev–Trinajstić information content (AvgIpc) is 2.12. The first-order valence-corrected chi connectivity index (χ1v) is 5.78. The summed E-state index contributed by atoms with van der Waals surface area (Å²) in [6.07, 6.45) is 3.24. The summed E-state index contributed by atoms with van der Waals surface area (Å²) in [6.45, 7) is 7.99. The summed E-state index contributed by atoms with van der Waals surface area (Å²) in [5.41, 5.74) is 5.70. The van der Waals surface area contributed by atoms with E-state index in [-0.39, 0.29) is 6.04 Å². The molecule has 0 aromatic rings. The number of hydrogen-bond donors (Lipinski definition) is 1. The van der Waals surface area contributed by atoms with Crippen LogP contribution in [-0.2, 0) is 9.47 Å². The summed E-state index contributed by atoms with van der Waals surface area (Å²) in [6, 6.07) is 0.192. The molecule has 0 aliphatic heterocycles. The van der Waals surface area contributed by atoms with E-state index in [1.807, 2.05) is 0 Å². The van der Waals surface area contributed by atoms with Crippen LogP contribution in [0.5, 0.6) is 0 Å². The largest absolute Gasteiger partial charge is 0.385 e. The molecule has 0 aromatic carbocycles. The number of rotatable bonds is 7. The van der Waals surface area contributed by atoms with E-state index in [0.717, 1.165) is 31.8 Å². The Morgan fingerprint density at radius 2 is 1.53 bits per heavy atom. The molecule has 3 nitrogen and oxygen atoms in total. The van der Waals surface area contributed by atoms with Crippen molar-refractivity contribution in [2.45, 2.75) is 46.1 Å². The van der Waals surface area contributed by atoms with Crippen molar-refractivity contribution in [2.75, 3.05) is 27.4 Å². The van der Waals surface area contributed by atoms with Crippen molar-refractivity contribution in [1.29, 1.82) is 0 Å². The van der Waals surface area contributed by atoms with Gasteiger partial charge >= 0.3 is 0 Å². The van der Waals surface area contributed by atoms with Crippen LogP contribution in [0.25, 0.3) is 0 Å². The molecule has 2 N–H and O–H groups in total. The Bertz CT molecular complexity index is 105. The molecule has 0 spiro atoms. The Morgan fingerprint density at radius 1 is 1.00 bits per heavy atom. The van der Waals surface area contributed by atoms with Crippen LogP contribution >= 0.6 is 0 Å². The van der Waals surface area contributed by atoms with Gasteiger partial charge in [-0.1, -0.05) is 20.8 Å². The van der Waals surface area contributed by atoms with Gasteiger partial charge in [-0.15, -0.1) is 0 Å². The molecule has 0 heterocycles. The van der Waals surface area contributed by atoms with E-state index in [4.69, 9.17) is 15.2 Å². The van der Waals surface area contributed by atoms with E-state index in [1.54, 1.807) is 14.2 Å². The fourth-order valence-corrected chi connectivity index (χ4v) is 0.950. The van der Waals surface area contributed by atoms with Gasteiger partial charge in [-0.3, -0.25) is 0 Å². The van der Waals surface area contributed by atoms with E-state index in [0.29, 0.717) is 6.61 Å². The molecule has 1 unspecified atom stereocenters. The smallest absolute Gasteiger partial charge is 0.0613 e. The number of unbranched alkanes of at least 4 members (excludes halogenated alkanes) is 1. The first kappa shape index (κ1) is 17.3. The van der Waals surface area contributed by atoms with Gasteiger partial charge < -0.3 is 15.2 Å². The van der Waals surface area contributed by atoms with E-state index < -0.39 is 0 Å². The summed E-state index contributed by atoms with van der Waals surface area (Å²) in [5, 5.41) is 0. The van der Waals surface area contributed by atoms with Crippen molar-refractivity contribution in [3.63, 3.8) is 0 Å². The highest BCUT2D eigenvalue weighted by Gasteiger charge is 1.99. The van der Waals surface area contributed by atoms with Crippen molar-refractivity contribution in [1.82, 2.24) is 0 Å². The number of ether oxygens (including phenoxy) is 2. The van der Waals surface area contributed by atoms with Gasteiger partial charge in [-0.25, -0.2) is 0 Å². The second kappa shape index (κ2) is 13.9. The van der Waals surface area contributed by atoms with Gasteiger partial charge in [0, 0.05) is 26.9 Å². The molecule has 0 bridgehead atoms. The lowest BCUT2D eigenvalue weighted by Gasteiger charge is -2.08. The normalized spacial score (nSPS) is 12.2. The molecule has 0 aliphatic carbocycles. The average molecular weight is 219 g/mol. The molecular weight excluding hydrogens is 190 g/mol. The van der Waals surface area contributed by atoms with Gasteiger partial charge in [0.25, 0.3) is 0 Å². The standard InChI is InChI=1S/C8H19NO2.C4H10/c1-10-6-4-3-5-8(9)7-11-2;1-4(2)3/h8H,3-7,9H2,1-2H3;4H,1-3H3. The first-order chi connectivity index (χ1) is 7.04. The lowest BCUT2D eigenvalue weighted by Crippen LogP contribution is -2.25. The van der Waals surface area contributed by atoms with Crippen molar-refractivity contribution in [2.24, 2.45) is 11.7 Å². The van der Waals surface area contributed by atoms with Gasteiger partial charge in [-0.05, 0) is 25.2 Å². The highest BCUT2D eigenvalue weighted by molar-refractivity contribution is 4.58. The maximum absolute atomic E-state index is 5.70. The zero-order chi connectivity index (χ0) is 12.1. The van der Waals surface area contributed by atoms with Crippen LogP contribution in [0.4, 0.5) is 0 Å². The summed E-state index contributed by atoms with van der Waals surface area (Å²) in [5.74, 6) is 0.833. The van der Waals surface area contributed by atoms with Crippen LogP contribution in [0.1, 0.15) is 40.0 Å². The van der Waals surface area contributed by atoms with Crippen LogP contribution in [0.3, 0.4) is 0 Å². The molecule has 0 rings (SSSR count). The molecule has 0 amide bonds. The Hall–Kier alpha value is -0.120. The lowest BCUT2D eigenvalue weighted by molar-refractivity contribution is 0.168. The minimum Gasteiger partial charge on any atom is -0.385 e. The van der Waals surface area contributed by atoms with Crippen LogP contribution < -0.4 is 5.73 Å².